The van der Waals surface area contributed by atoms with Gasteiger partial charge in [0.2, 0.25) is 5.89 Å². The van der Waals surface area contributed by atoms with Gasteiger partial charge in [0.1, 0.15) is 11.5 Å². The molecular formula is C19H18N2O2S. The van der Waals surface area contributed by atoms with Crippen molar-refractivity contribution in [3.05, 3.63) is 58.8 Å². The molecule has 0 unspecified atom stereocenters. The molecule has 1 aromatic carbocycles. The first-order chi connectivity index (χ1) is 11.8. The number of rotatable bonds is 7. The molecule has 122 valence electrons. The Morgan fingerprint density at radius 2 is 2.04 bits per heavy atom. The lowest BCUT2D eigenvalue weighted by atomic mass is 10.1. The molecule has 4 nitrogen and oxygen atoms in total. The van der Waals surface area contributed by atoms with E-state index in [4.69, 9.17) is 14.4 Å². The predicted molar refractivity (Wildman–Crippen MR) is 94.1 cm³/mol. The van der Waals surface area contributed by atoms with Crippen LogP contribution < -0.4 is 4.74 Å². The van der Waals surface area contributed by atoms with Gasteiger partial charge in [0.05, 0.1) is 23.2 Å². The number of oxazole rings is 1. The number of benzene rings is 1. The van der Waals surface area contributed by atoms with E-state index in [1.807, 2.05) is 48.7 Å². The number of nitrogens with zero attached hydrogens (tertiary/aromatic N) is 2. The van der Waals surface area contributed by atoms with E-state index in [0.717, 1.165) is 34.1 Å². The van der Waals surface area contributed by atoms with Crippen LogP contribution in [0.3, 0.4) is 0 Å². The van der Waals surface area contributed by atoms with Crippen LogP contribution in [-0.4, -0.2) is 11.6 Å². The largest absolute Gasteiger partial charge is 0.493 e. The molecule has 0 bridgehead atoms. The van der Waals surface area contributed by atoms with Gasteiger partial charge < -0.3 is 9.15 Å². The summed E-state index contributed by atoms with van der Waals surface area (Å²) in [6, 6.07) is 14.0. The Kier molecular flexibility index (Phi) is 5.29. The zero-order valence-corrected chi connectivity index (χ0v) is 14.3. The Morgan fingerprint density at radius 3 is 2.75 bits per heavy atom. The quantitative estimate of drug-likeness (QED) is 0.621. The van der Waals surface area contributed by atoms with Gasteiger partial charge in [-0.3, -0.25) is 0 Å². The first kappa shape index (κ1) is 16.3. The number of hydrogen-bond donors (Lipinski definition) is 0. The normalized spacial score (nSPS) is 10.5. The summed E-state index contributed by atoms with van der Waals surface area (Å²) >= 11 is 1.62. The zero-order valence-electron chi connectivity index (χ0n) is 13.5. The third-order valence-electron chi connectivity index (χ3n) is 3.68. The van der Waals surface area contributed by atoms with Crippen molar-refractivity contribution in [2.24, 2.45) is 0 Å². The number of aryl methyl sites for hydroxylation is 2. The zero-order chi connectivity index (χ0) is 16.8. The highest BCUT2D eigenvalue weighted by Crippen LogP contribution is 2.26. The van der Waals surface area contributed by atoms with Gasteiger partial charge in [-0.1, -0.05) is 18.2 Å². The van der Waals surface area contributed by atoms with Crippen molar-refractivity contribution < 1.29 is 9.15 Å². The van der Waals surface area contributed by atoms with E-state index >= 15 is 0 Å². The maximum atomic E-state index is 8.60. The van der Waals surface area contributed by atoms with Crippen molar-refractivity contribution in [2.45, 2.75) is 26.2 Å². The monoisotopic (exact) mass is 338 g/mol. The number of aromatic nitrogens is 1. The van der Waals surface area contributed by atoms with E-state index < -0.39 is 0 Å². The lowest BCUT2D eigenvalue weighted by Crippen LogP contribution is -2.02. The fraction of sp³-hybridized carbons (Fsp3) is 0.263. The summed E-state index contributed by atoms with van der Waals surface area (Å²) in [6.45, 7) is 2.48. The smallest absolute Gasteiger partial charge is 0.236 e. The lowest BCUT2D eigenvalue weighted by molar-refractivity contribution is 0.320. The summed E-state index contributed by atoms with van der Waals surface area (Å²) in [5.41, 5.74) is 2.08. The standard InChI is InChI=1S/C19H18N2O2S/c1-14-17(21-19(23-14)18-5-3-13-24-18)10-12-22-16-8-6-15(7-9-16)4-2-11-20/h3,5-9,13H,2,4,10,12H2,1H3. The van der Waals surface area contributed by atoms with E-state index in [0.29, 0.717) is 25.3 Å². The van der Waals surface area contributed by atoms with Crippen molar-refractivity contribution in [1.82, 2.24) is 4.98 Å². The molecule has 0 aliphatic heterocycles. The molecule has 0 aliphatic carbocycles. The number of hydrogen-bond acceptors (Lipinski definition) is 5. The summed E-state index contributed by atoms with van der Waals surface area (Å²) in [5.74, 6) is 2.35. The van der Waals surface area contributed by atoms with Crippen LogP contribution in [-0.2, 0) is 12.8 Å². The summed E-state index contributed by atoms with van der Waals surface area (Å²) in [6.07, 6.45) is 2.02. The molecule has 2 heterocycles. The van der Waals surface area contributed by atoms with Crippen LogP contribution in [0.15, 0.2) is 46.2 Å². The molecule has 0 N–H and O–H groups in total. The minimum Gasteiger partial charge on any atom is -0.493 e. The Morgan fingerprint density at radius 1 is 1.21 bits per heavy atom. The molecule has 0 amide bonds. The summed E-state index contributed by atoms with van der Waals surface area (Å²) < 4.78 is 11.5. The molecule has 0 radical (unpaired) electrons. The van der Waals surface area contributed by atoms with Crippen LogP contribution >= 0.6 is 11.3 Å². The molecule has 0 atom stereocenters. The first-order valence-corrected chi connectivity index (χ1v) is 8.73. The van der Waals surface area contributed by atoms with E-state index in [2.05, 4.69) is 11.1 Å². The Hall–Kier alpha value is -2.58. The maximum absolute atomic E-state index is 8.60. The van der Waals surface area contributed by atoms with Gasteiger partial charge >= 0.3 is 0 Å². The van der Waals surface area contributed by atoms with Gasteiger partial charge in [0.15, 0.2) is 0 Å². The SMILES string of the molecule is Cc1oc(-c2cccs2)nc1CCOc1ccc(CCC#N)cc1. The Bertz CT molecular complexity index is 814. The minimum atomic E-state index is 0.540. The van der Waals surface area contributed by atoms with Crippen LogP contribution in [0.5, 0.6) is 5.75 Å². The fourth-order valence-corrected chi connectivity index (χ4v) is 3.03. The van der Waals surface area contributed by atoms with Gasteiger partial charge in [0.25, 0.3) is 0 Å². The summed E-state index contributed by atoms with van der Waals surface area (Å²) in [4.78, 5) is 5.60. The fourth-order valence-electron chi connectivity index (χ4n) is 2.38. The van der Waals surface area contributed by atoms with E-state index in [1.165, 1.54) is 0 Å². The van der Waals surface area contributed by atoms with Crippen LogP contribution in [0.25, 0.3) is 10.8 Å². The van der Waals surface area contributed by atoms with Crippen LogP contribution in [0, 0.1) is 18.3 Å². The van der Waals surface area contributed by atoms with Crippen LogP contribution in [0.2, 0.25) is 0 Å². The summed E-state index contributed by atoms with van der Waals surface area (Å²) in [5, 5.41) is 10.6. The highest BCUT2D eigenvalue weighted by molar-refractivity contribution is 7.13. The first-order valence-electron chi connectivity index (χ1n) is 7.85. The molecule has 3 rings (SSSR count). The Balaban J connectivity index is 1.54. The second kappa shape index (κ2) is 7.80. The van der Waals surface area contributed by atoms with E-state index in [-0.39, 0.29) is 0 Å². The third-order valence-corrected chi connectivity index (χ3v) is 4.54. The molecule has 24 heavy (non-hydrogen) atoms. The molecule has 0 spiro atoms. The third kappa shape index (κ3) is 4.03. The molecule has 3 aromatic rings. The predicted octanol–water partition coefficient (Wildman–Crippen LogP) is 4.79. The topological polar surface area (TPSA) is 59.1 Å². The van der Waals surface area contributed by atoms with Gasteiger partial charge in [-0.05, 0) is 42.5 Å². The lowest BCUT2D eigenvalue weighted by Gasteiger charge is -2.06. The summed E-state index contributed by atoms with van der Waals surface area (Å²) in [7, 11) is 0. The molecule has 5 heteroatoms. The van der Waals surface area contributed by atoms with E-state index in [9.17, 15) is 0 Å². The van der Waals surface area contributed by atoms with Crippen molar-refractivity contribution in [3.8, 4) is 22.6 Å². The van der Waals surface area contributed by atoms with Crippen molar-refractivity contribution in [3.63, 3.8) is 0 Å². The molecule has 0 aliphatic rings. The molecule has 2 aromatic heterocycles. The Labute approximate surface area is 145 Å². The average Bonchev–Trinajstić information content (AvgIpc) is 3.24. The van der Waals surface area contributed by atoms with E-state index in [1.54, 1.807) is 11.3 Å². The van der Waals surface area contributed by atoms with Crippen LogP contribution in [0.4, 0.5) is 0 Å². The molecular weight excluding hydrogens is 320 g/mol. The van der Waals surface area contributed by atoms with Crippen molar-refractivity contribution in [1.29, 1.82) is 5.26 Å². The molecule has 0 saturated carbocycles. The van der Waals surface area contributed by atoms with Gasteiger partial charge in [0, 0.05) is 12.8 Å². The average molecular weight is 338 g/mol. The highest BCUT2D eigenvalue weighted by atomic mass is 32.1. The van der Waals surface area contributed by atoms with Gasteiger partial charge in [-0.25, -0.2) is 4.98 Å². The number of nitriles is 1. The highest BCUT2D eigenvalue weighted by Gasteiger charge is 2.12. The van der Waals surface area contributed by atoms with Crippen LogP contribution in [0.1, 0.15) is 23.4 Å². The van der Waals surface area contributed by atoms with Crippen molar-refractivity contribution in [2.75, 3.05) is 6.61 Å². The van der Waals surface area contributed by atoms with Crippen molar-refractivity contribution >= 4 is 11.3 Å². The number of thiophene rings is 1. The van der Waals surface area contributed by atoms with Gasteiger partial charge in [-0.15, -0.1) is 11.3 Å². The van der Waals surface area contributed by atoms with Gasteiger partial charge in [-0.2, -0.15) is 5.26 Å². The minimum absolute atomic E-state index is 0.540. The molecule has 0 saturated heterocycles. The number of ether oxygens (including phenoxy) is 1. The second-order valence-corrected chi connectivity index (χ2v) is 6.35. The maximum Gasteiger partial charge on any atom is 0.236 e. The second-order valence-electron chi connectivity index (χ2n) is 5.40. The molecule has 0 fully saturated rings.